The first kappa shape index (κ1) is 9.34. The molecule has 0 bridgehead atoms. The molecule has 2 rings (SSSR count). The standard InChI is InChI=1S/C10H9BClNO/c1-14-8-6-4-2-3-5-7(6)10(12)13-9(8)11/h2-5H,11H2,1H3. The lowest BCUT2D eigenvalue weighted by Crippen LogP contribution is -2.12. The van der Waals surface area contributed by atoms with Crippen molar-refractivity contribution in [3.8, 4) is 5.75 Å². The van der Waals surface area contributed by atoms with E-state index in [0.717, 1.165) is 22.1 Å². The molecule has 0 aliphatic heterocycles. The fourth-order valence-corrected chi connectivity index (χ4v) is 1.86. The van der Waals surface area contributed by atoms with E-state index < -0.39 is 0 Å². The summed E-state index contributed by atoms with van der Waals surface area (Å²) in [6.07, 6.45) is 0. The van der Waals surface area contributed by atoms with Crippen molar-refractivity contribution in [3.63, 3.8) is 0 Å². The van der Waals surface area contributed by atoms with Gasteiger partial charge >= 0.3 is 0 Å². The van der Waals surface area contributed by atoms with Gasteiger partial charge in [-0.15, -0.1) is 0 Å². The van der Waals surface area contributed by atoms with Gasteiger partial charge in [0.15, 0.2) is 7.85 Å². The van der Waals surface area contributed by atoms with E-state index in [1.165, 1.54) is 0 Å². The molecule has 1 aromatic carbocycles. The van der Waals surface area contributed by atoms with E-state index >= 15 is 0 Å². The minimum Gasteiger partial charge on any atom is -0.495 e. The van der Waals surface area contributed by atoms with E-state index in [9.17, 15) is 0 Å². The lowest BCUT2D eigenvalue weighted by atomic mass is 9.99. The van der Waals surface area contributed by atoms with Crippen LogP contribution in [0.3, 0.4) is 0 Å². The molecule has 0 atom stereocenters. The molecule has 1 heterocycles. The molecule has 1 aromatic heterocycles. The summed E-state index contributed by atoms with van der Waals surface area (Å²) in [5, 5.41) is 2.46. The van der Waals surface area contributed by atoms with Crippen LogP contribution in [0.1, 0.15) is 0 Å². The van der Waals surface area contributed by atoms with Crippen molar-refractivity contribution in [2.24, 2.45) is 0 Å². The second-order valence-corrected chi connectivity index (χ2v) is 3.42. The molecule has 0 aliphatic rings. The summed E-state index contributed by atoms with van der Waals surface area (Å²) in [6, 6.07) is 7.81. The van der Waals surface area contributed by atoms with Gasteiger partial charge in [-0.05, 0) is 0 Å². The average Bonchev–Trinajstić information content (AvgIpc) is 2.18. The van der Waals surface area contributed by atoms with Crippen LogP contribution in [-0.4, -0.2) is 19.9 Å². The molecule has 2 nitrogen and oxygen atoms in total. The third kappa shape index (κ3) is 1.34. The van der Waals surface area contributed by atoms with Gasteiger partial charge in [0.05, 0.1) is 7.11 Å². The Labute approximate surface area is 88.3 Å². The Morgan fingerprint density at radius 3 is 2.57 bits per heavy atom. The molecule has 0 amide bonds. The van der Waals surface area contributed by atoms with Crippen molar-refractivity contribution in [1.82, 2.24) is 4.98 Å². The van der Waals surface area contributed by atoms with Gasteiger partial charge < -0.3 is 4.74 Å². The van der Waals surface area contributed by atoms with Crippen LogP contribution in [0.4, 0.5) is 0 Å². The predicted molar refractivity (Wildman–Crippen MR) is 61.5 cm³/mol. The highest BCUT2D eigenvalue weighted by Crippen LogP contribution is 2.26. The first-order valence-electron chi connectivity index (χ1n) is 4.33. The Morgan fingerprint density at radius 2 is 1.93 bits per heavy atom. The second kappa shape index (κ2) is 3.50. The number of rotatable bonds is 1. The molecule has 0 saturated heterocycles. The number of ether oxygens (including phenoxy) is 1. The van der Waals surface area contributed by atoms with Crippen LogP contribution in [0.15, 0.2) is 24.3 Å². The summed E-state index contributed by atoms with van der Waals surface area (Å²) in [6.45, 7) is 0. The lowest BCUT2D eigenvalue weighted by Gasteiger charge is -2.09. The quantitative estimate of drug-likeness (QED) is 0.515. The zero-order chi connectivity index (χ0) is 10.1. The average molecular weight is 205 g/mol. The third-order valence-electron chi connectivity index (χ3n) is 2.19. The molecule has 2 aromatic rings. The van der Waals surface area contributed by atoms with Crippen LogP contribution in [0.5, 0.6) is 5.75 Å². The van der Waals surface area contributed by atoms with Gasteiger partial charge in [-0.2, -0.15) is 0 Å². The molecule has 0 spiro atoms. The zero-order valence-electron chi connectivity index (χ0n) is 8.04. The van der Waals surface area contributed by atoms with Gasteiger partial charge in [-0.1, -0.05) is 35.9 Å². The lowest BCUT2D eigenvalue weighted by molar-refractivity contribution is 0.422. The Hall–Kier alpha value is -1.22. The number of fused-ring (bicyclic) bond motifs is 1. The van der Waals surface area contributed by atoms with E-state index in [1.54, 1.807) is 7.11 Å². The van der Waals surface area contributed by atoms with E-state index in [0.29, 0.717) is 5.15 Å². The number of nitrogens with zero attached hydrogens (tertiary/aromatic N) is 1. The summed E-state index contributed by atoms with van der Waals surface area (Å²) in [7, 11) is 3.53. The molecule has 0 saturated carbocycles. The van der Waals surface area contributed by atoms with Crippen molar-refractivity contribution in [1.29, 1.82) is 0 Å². The van der Waals surface area contributed by atoms with E-state index in [-0.39, 0.29) is 0 Å². The molecule has 0 unspecified atom stereocenters. The van der Waals surface area contributed by atoms with Crippen LogP contribution in [0.25, 0.3) is 10.8 Å². The second-order valence-electron chi connectivity index (χ2n) is 3.07. The normalized spacial score (nSPS) is 10.4. The summed E-state index contributed by atoms with van der Waals surface area (Å²) >= 11 is 6.02. The van der Waals surface area contributed by atoms with Crippen molar-refractivity contribution in [2.45, 2.75) is 0 Å². The minimum absolute atomic E-state index is 0.527. The predicted octanol–water partition coefficient (Wildman–Crippen LogP) is 1.16. The zero-order valence-corrected chi connectivity index (χ0v) is 8.80. The van der Waals surface area contributed by atoms with Crippen LogP contribution in [-0.2, 0) is 0 Å². The maximum Gasteiger partial charge on any atom is 0.169 e. The van der Waals surface area contributed by atoms with E-state index in [4.69, 9.17) is 16.3 Å². The summed E-state index contributed by atoms with van der Waals surface area (Å²) < 4.78 is 5.29. The van der Waals surface area contributed by atoms with Crippen LogP contribution in [0.2, 0.25) is 5.15 Å². The first-order valence-corrected chi connectivity index (χ1v) is 4.70. The Kier molecular flexibility index (Phi) is 2.34. The van der Waals surface area contributed by atoms with Crippen molar-refractivity contribution in [2.75, 3.05) is 7.11 Å². The number of halogens is 1. The smallest absolute Gasteiger partial charge is 0.169 e. The van der Waals surface area contributed by atoms with Crippen LogP contribution < -0.4 is 10.3 Å². The summed E-state index contributed by atoms with van der Waals surface area (Å²) in [5.41, 5.74) is 0.816. The molecule has 0 aliphatic carbocycles. The molecule has 70 valence electrons. The maximum absolute atomic E-state index is 6.02. The number of benzene rings is 1. The van der Waals surface area contributed by atoms with Crippen LogP contribution in [0, 0.1) is 0 Å². The number of pyridine rings is 1. The first-order chi connectivity index (χ1) is 6.74. The highest BCUT2D eigenvalue weighted by Gasteiger charge is 2.08. The third-order valence-corrected chi connectivity index (χ3v) is 2.48. The Bertz CT molecular complexity index is 487. The van der Waals surface area contributed by atoms with Crippen LogP contribution >= 0.6 is 11.6 Å². The SMILES string of the molecule is Bc1nc(Cl)c2ccccc2c1OC. The molecule has 0 N–H and O–H groups in total. The number of hydrogen-bond acceptors (Lipinski definition) is 2. The topological polar surface area (TPSA) is 22.1 Å². The molecular formula is C10H9BClNO. The number of methoxy groups -OCH3 is 1. The fourth-order valence-electron chi connectivity index (χ4n) is 1.57. The van der Waals surface area contributed by atoms with Gasteiger partial charge in [0.1, 0.15) is 10.9 Å². The maximum atomic E-state index is 6.02. The molecular weight excluding hydrogens is 196 g/mol. The van der Waals surface area contributed by atoms with Gasteiger partial charge in [0.2, 0.25) is 0 Å². The minimum atomic E-state index is 0.527. The molecule has 4 heteroatoms. The number of hydrogen-bond donors (Lipinski definition) is 0. The molecule has 0 fully saturated rings. The summed E-state index contributed by atoms with van der Waals surface area (Å²) in [5.74, 6) is 0.796. The monoisotopic (exact) mass is 205 g/mol. The highest BCUT2D eigenvalue weighted by atomic mass is 35.5. The van der Waals surface area contributed by atoms with E-state index in [2.05, 4.69) is 4.98 Å². The van der Waals surface area contributed by atoms with Gasteiger partial charge in [-0.25, -0.2) is 4.98 Å². The fraction of sp³-hybridized carbons (Fsp3) is 0.100. The molecule has 14 heavy (non-hydrogen) atoms. The van der Waals surface area contributed by atoms with Gasteiger partial charge in [0.25, 0.3) is 0 Å². The highest BCUT2D eigenvalue weighted by molar-refractivity contribution is 6.39. The van der Waals surface area contributed by atoms with Gasteiger partial charge in [-0.3, -0.25) is 0 Å². The molecule has 0 radical (unpaired) electrons. The van der Waals surface area contributed by atoms with Crippen molar-refractivity contribution >= 4 is 35.8 Å². The largest absolute Gasteiger partial charge is 0.495 e. The Morgan fingerprint density at radius 1 is 1.29 bits per heavy atom. The van der Waals surface area contributed by atoms with Gasteiger partial charge in [0, 0.05) is 16.4 Å². The summed E-state index contributed by atoms with van der Waals surface area (Å²) in [4.78, 5) is 4.21. The Balaban J connectivity index is 2.90. The van der Waals surface area contributed by atoms with Crippen molar-refractivity contribution < 1.29 is 4.74 Å². The number of aromatic nitrogens is 1. The van der Waals surface area contributed by atoms with E-state index in [1.807, 2.05) is 32.1 Å². The van der Waals surface area contributed by atoms with Crippen molar-refractivity contribution in [3.05, 3.63) is 29.4 Å².